The molecule has 7 nitrogen and oxygen atoms in total. The first-order valence-corrected chi connectivity index (χ1v) is 11.3. The summed E-state index contributed by atoms with van der Waals surface area (Å²) >= 11 is 0. The molecule has 33 heavy (non-hydrogen) atoms. The van der Waals surface area contributed by atoms with Crippen molar-refractivity contribution in [1.29, 1.82) is 0 Å². The highest BCUT2D eigenvalue weighted by molar-refractivity contribution is 6.04. The van der Waals surface area contributed by atoms with Gasteiger partial charge in [0.1, 0.15) is 11.6 Å². The largest absolute Gasteiger partial charge is 0.454 e. The number of carbonyl (C=O) groups is 1. The fourth-order valence-electron chi connectivity index (χ4n) is 4.61. The molecule has 8 heteroatoms. The van der Waals surface area contributed by atoms with Crippen molar-refractivity contribution in [2.45, 2.75) is 38.3 Å². The molecule has 0 radical (unpaired) electrons. The number of amides is 1. The first-order valence-electron chi connectivity index (χ1n) is 11.3. The summed E-state index contributed by atoms with van der Waals surface area (Å²) in [6.45, 7) is 4.12. The maximum Gasteiger partial charge on any atom is 0.256 e. The fraction of sp³-hybridized carbons (Fsp3) is 0.360. The van der Waals surface area contributed by atoms with Crippen molar-refractivity contribution < 1.29 is 18.7 Å². The second kappa shape index (κ2) is 9.23. The Labute approximate surface area is 192 Å². The zero-order chi connectivity index (χ0) is 22.8. The SMILES string of the molecule is C[C@H](Cc1ccccc1F)N1CCC(n2nccc2NC(=O)c2ccc3c(c2)OCO3)CC1. The van der Waals surface area contributed by atoms with Gasteiger partial charge >= 0.3 is 0 Å². The third-order valence-corrected chi connectivity index (χ3v) is 6.49. The van der Waals surface area contributed by atoms with Crippen molar-refractivity contribution in [2.75, 3.05) is 25.2 Å². The number of halogens is 1. The fourth-order valence-corrected chi connectivity index (χ4v) is 4.61. The number of aromatic nitrogens is 2. The number of ether oxygens (including phenoxy) is 2. The third-order valence-electron chi connectivity index (χ3n) is 6.49. The van der Waals surface area contributed by atoms with Crippen LogP contribution in [0, 0.1) is 5.82 Å². The van der Waals surface area contributed by atoms with E-state index in [9.17, 15) is 9.18 Å². The van der Waals surface area contributed by atoms with Gasteiger partial charge in [0.05, 0.1) is 12.2 Å². The molecule has 0 unspecified atom stereocenters. The van der Waals surface area contributed by atoms with Gasteiger partial charge in [0.2, 0.25) is 6.79 Å². The highest BCUT2D eigenvalue weighted by Crippen LogP contribution is 2.33. The van der Waals surface area contributed by atoms with Crippen LogP contribution in [0.25, 0.3) is 0 Å². The van der Waals surface area contributed by atoms with E-state index in [2.05, 4.69) is 22.2 Å². The van der Waals surface area contributed by atoms with Crippen LogP contribution in [0.1, 0.15) is 41.7 Å². The van der Waals surface area contributed by atoms with Gasteiger partial charge in [-0.2, -0.15) is 5.10 Å². The number of fused-ring (bicyclic) bond motifs is 1. The van der Waals surface area contributed by atoms with Crippen molar-refractivity contribution in [1.82, 2.24) is 14.7 Å². The van der Waals surface area contributed by atoms with E-state index in [0.29, 0.717) is 29.3 Å². The summed E-state index contributed by atoms with van der Waals surface area (Å²) in [5.41, 5.74) is 1.26. The Balaban J connectivity index is 1.19. The summed E-state index contributed by atoms with van der Waals surface area (Å²) in [5, 5.41) is 7.46. The predicted molar refractivity (Wildman–Crippen MR) is 122 cm³/mol. The molecule has 1 N–H and O–H groups in total. The second-order valence-electron chi connectivity index (χ2n) is 8.59. The molecule has 1 aromatic heterocycles. The Hall–Kier alpha value is -3.39. The minimum absolute atomic E-state index is 0.140. The highest BCUT2D eigenvalue weighted by atomic mass is 19.1. The minimum atomic E-state index is -0.217. The van der Waals surface area contributed by atoms with Gasteiger partial charge in [-0.3, -0.25) is 4.79 Å². The molecular weight excluding hydrogens is 423 g/mol. The monoisotopic (exact) mass is 450 g/mol. The maximum absolute atomic E-state index is 14.0. The molecule has 0 bridgehead atoms. The number of rotatable bonds is 6. The summed E-state index contributed by atoms with van der Waals surface area (Å²) in [5.74, 6) is 1.54. The number of nitrogens with zero attached hydrogens (tertiary/aromatic N) is 3. The first kappa shape index (κ1) is 21.5. The number of likely N-dealkylation sites (tertiary alicyclic amines) is 1. The lowest BCUT2D eigenvalue weighted by atomic mass is 10.00. The van der Waals surface area contributed by atoms with Crippen LogP contribution in [0.5, 0.6) is 11.5 Å². The Morgan fingerprint density at radius 3 is 2.76 bits per heavy atom. The van der Waals surface area contributed by atoms with Gasteiger partial charge in [0.15, 0.2) is 11.5 Å². The standard InChI is InChI=1S/C25H27FN4O3/c1-17(14-18-4-2-3-5-21(18)26)29-12-9-20(10-13-29)30-24(8-11-27-30)28-25(31)19-6-7-22-23(15-19)33-16-32-22/h2-8,11,15,17,20H,9-10,12-14,16H2,1H3,(H,28,31)/t17-/m1/s1. The number of hydrogen-bond donors (Lipinski definition) is 1. The zero-order valence-corrected chi connectivity index (χ0v) is 18.5. The summed E-state index contributed by atoms with van der Waals surface area (Å²) in [6, 6.07) is 14.4. The molecule has 1 fully saturated rings. The van der Waals surface area contributed by atoms with Crippen LogP contribution in [0.4, 0.5) is 10.2 Å². The van der Waals surface area contributed by atoms with Crippen molar-refractivity contribution in [3.8, 4) is 11.5 Å². The molecule has 172 valence electrons. The Bertz CT molecular complexity index is 1140. The summed E-state index contributed by atoms with van der Waals surface area (Å²) in [4.78, 5) is 15.2. The first-order chi connectivity index (χ1) is 16.1. The lowest BCUT2D eigenvalue weighted by Gasteiger charge is -2.36. The lowest BCUT2D eigenvalue weighted by Crippen LogP contribution is -2.41. The van der Waals surface area contributed by atoms with Crippen LogP contribution in [0.3, 0.4) is 0 Å². The number of benzene rings is 2. The number of hydrogen-bond acceptors (Lipinski definition) is 5. The quantitative estimate of drug-likeness (QED) is 0.608. The van der Waals surface area contributed by atoms with Crippen molar-refractivity contribution >= 4 is 11.7 Å². The normalized spacial score (nSPS) is 17.2. The van der Waals surface area contributed by atoms with Crippen molar-refractivity contribution in [3.05, 3.63) is 71.7 Å². The highest BCUT2D eigenvalue weighted by Gasteiger charge is 2.26. The Morgan fingerprint density at radius 1 is 1.15 bits per heavy atom. The third kappa shape index (κ3) is 4.57. The maximum atomic E-state index is 14.0. The van der Waals surface area contributed by atoms with Crippen LogP contribution in [0.2, 0.25) is 0 Å². The molecule has 2 aliphatic heterocycles. The molecule has 1 atom stereocenters. The average molecular weight is 451 g/mol. The molecule has 3 aromatic rings. The van der Waals surface area contributed by atoms with E-state index in [1.165, 1.54) is 6.07 Å². The second-order valence-corrected chi connectivity index (χ2v) is 8.59. The number of nitrogens with one attached hydrogen (secondary N) is 1. The van der Waals surface area contributed by atoms with E-state index in [4.69, 9.17) is 9.47 Å². The van der Waals surface area contributed by atoms with E-state index in [-0.39, 0.29) is 30.6 Å². The molecule has 0 spiro atoms. The topological polar surface area (TPSA) is 68.6 Å². The van der Waals surface area contributed by atoms with Gasteiger partial charge in [-0.05, 0) is 56.0 Å². The van der Waals surface area contributed by atoms with Gasteiger partial charge in [0, 0.05) is 30.8 Å². The van der Waals surface area contributed by atoms with Crippen LogP contribution in [-0.2, 0) is 6.42 Å². The minimum Gasteiger partial charge on any atom is -0.454 e. The summed E-state index contributed by atoms with van der Waals surface area (Å²) in [7, 11) is 0. The molecule has 1 amide bonds. The van der Waals surface area contributed by atoms with E-state index >= 15 is 0 Å². The molecule has 0 aliphatic carbocycles. The van der Waals surface area contributed by atoms with E-state index in [1.54, 1.807) is 30.5 Å². The Morgan fingerprint density at radius 2 is 1.94 bits per heavy atom. The molecule has 0 saturated carbocycles. The summed E-state index contributed by atoms with van der Waals surface area (Å²) in [6.07, 6.45) is 4.23. The molecule has 2 aliphatic rings. The molecular formula is C25H27FN4O3. The van der Waals surface area contributed by atoms with Crippen LogP contribution < -0.4 is 14.8 Å². The average Bonchev–Trinajstić information content (AvgIpc) is 3.49. The molecule has 5 rings (SSSR count). The van der Waals surface area contributed by atoms with E-state index in [1.807, 2.05) is 22.9 Å². The van der Waals surface area contributed by atoms with Gasteiger partial charge in [-0.1, -0.05) is 18.2 Å². The van der Waals surface area contributed by atoms with E-state index < -0.39 is 0 Å². The number of piperidine rings is 1. The predicted octanol–water partition coefficient (Wildman–Crippen LogP) is 4.27. The van der Waals surface area contributed by atoms with Crippen LogP contribution >= 0.6 is 0 Å². The van der Waals surface area contributed by atoms with Gasteiger partial charge < -0.3 is 19.7 Å². The Kier molecular flexibility index (Phi) is 6.00. The molecule has 3 heterocycles. The van der Waals surface area contributed by atoms with Crippen LogP contribution in [0.15, 0.2) is 54.7 Å². The van der Waals surface area contributed by atoms with Crippen molar-refractivity contribution in [3.63, 3.8) is 0 Å². The van der Waals surface area contributed by atoms with Gasteiger partial charge in [0.25, 0.3) is 5.91 Å². The van der Waals surface area contributed by atoms with Gasteiger partial charge in [-0.25, -0.2) is 9.07 Å². The van der Waals surface area contributed by atoms with Crippen molar-refractivity contribution in [2.24, 2.45) is 0 Å². The van der Waals surface area contributed by atoms with Crippen LogP contribution in [-0.4, -0.2) is 46.5 Å². The lowest BCUT2D eigenvalue weighted by molar-refractivity contribution is 0.102. The smallest absolute Gasteiger partial charge is 0.256 e. The van der Waals surface area contributed by atoms with Gasteiger partial charge in [-0.15, -0.1) is 0 Å². The number of carbonyl (C=O) groups excluding carboxylic acids is 1. The number of anilines is 1. The van der Waals surface area contributed by atoms with E-state index in [0.717, 1.165) is 31.5 Å². The summed E-state index contributed by atoms with van der Waals surface area (Å²) < 4.78 is 26.6. The zero-order valence-electron chi connectivity index (χ0n) is 18.5. The molecule has 1 saturated heterocycles. The molecule has 2 aromatic carbocycles.